The molecule has 0 amide bonds. The molecule has 1 fully saturated rings. The number of nitrogens with one attached hydrogen (secondary N) is 1. The number of hydrogen-bond acceptors (Lipinski definition) is 11. The minimum absolute atomic E-state index is 0.0684. The molecule has 2 aromatic heterocycles. The van der Waals surface area contributed by atoms with Crippen molar-refractivity contribution in [1.29, 1.82) is 0 Å². The van der Waals surface area contributed by atoms with Crippen molar-refractivity contribution >= 4 is 22.9 Å². The molecule has 0 aliphatic carbocycles. The maximum absolute atomic E-state index is 10.3. The molecule has 3 aromatic rings. The molecule has 12 nitrogen and oxygen atoms in total. The Balaban J connectivity index is 1.53. The zero-order chi connectivity index (χ0) is 22.1. The highest BCUT2D eigenvalue weighted by Crippen LogP contribution is 2.32. The lowest BCUT2D eigenvalue weighted by Gasteiger charge is -2.17. The van der Waals surface area contributed by atoms with Gasteiger partial charge >= 0.3 is 0 Å². The molecule has 1 aliphatic heterocycles. The summed E-state index contributed by atoms with van der Waals surface area (Å²) in [6.45, 7) is 0.0359. The molecule has 31 heavy (non-hydrogen) atoms. The Morgan fingerprint density at radius 2 is 2.06 bits per heavy atom. The Hall–Kier alpha value is -3.19. The lowest BCUT2D eigenvalue weighted by Crippen LogP contribution is -2.33. The van der Waals surface area contributed by atoms with Crippen LogP contribution in [0.25, 0.3) is 11.2 Å². The summed E-state index contributed by atoms with van der Waals surface area (Å²) in [5.74, 6) is 0.856. The summed E-state index contributed by atoms with van der Waals surface area (Å²) >= 11 is 0. The Bertz CT molecular complexity index is 1080. The van der Waals surface area contributed by atoms with Crippen LogP contribution in [0.3, 0.4) is 0 Å². The Morgan fingerprint density at radius 1 is 1.26 bits per heavy atom. The summed E-state index contributed by atoms with van der Waals surface area (Å²) < 4.78 is 12.1. The molecule has 0 radical (unpaired) electrons. The summed E-state index contributed by atoms with van der Waals surface area (Å²) in [6.07, 6.45) is -2.42. The van der Waals surface area contributed by atoms with Gasteiger partial charge in [0.15, 0.2) is 29.2 Å². The fraction of sp³-hybridized carbons (Fsp3) is 0.421. The third-order valence-corrected chi connectivity index (χ3v) is 5.18. The number of imidazole rings is 1. The number of rotatable bonds is 7. The zero-order valence-electron chi connectivity index (χ0n) is 16.7. The van der Waals surface area contributed by atoms with Gasteiger partial charge in [-0.25, -0.2) is 4.98 Å². The maximum Gasteiger partial charge on any atom is 0.226 e. The monoisotopic (exact) mass is 432 g/mol. The molecule has 1 unspecified atom stereocenters. The lowest BCUT2D eigenvalue weighted by molar-refractivity contribution is -0.0511. The van der Waals surface area contributed by atoms with Gasteiger partial charge in [0.2, 0.25) is 5.95 Å². The van der Waals surface area contributed by atoms with E-state index in [1.165, 1.54) is 18.0 Å². The van der Waals surface area contributed by atoms with Gasteiger partial charge in [0, 0.05) is 6.54 Å². The number of fused-ring (bicyclic) bond motifs is 1. The number of nitrogens with zero attached hydrogens (tertiary/aromatic N) is 4. The van der Waals surface area contributed by atoms with E-state index in [4.69, 9.17) is 15.2 Å². The fourth-order valence-corrected chi connectivity index (χ4v) is 3.51. The molecule has 3 heterocycles. The van der Waals surface area contributed by atoms with Gasteiger partial charge in [0.25, 0.3) is 0 Å². The van der Waals surface area contributed by atoms with Crippen LogP contribution in [0.2, 0.25) is 0 Å². The first kappa shape index (κ1) is 21.1. The van der Waals surface area contributed by atoms with Crippen molar-refractivity contribution < 1.29 is 29.9 Å². The highest BCUT2D eigenvalue weighted by Gasteiger charge is 2.44. The number of aromatic nitrogens is 4. The van der Waals surface area contributed by atoms with Crippen LogP contribution in [0.5, 0.6) is 11.5 Å². The van der Waals surface area contributed by atoms with Crippen LogP contribution in [0.4, 0.5) is 11.8 Å². The normalized spacial score (nSPS) is 23.4. The molecule has 166 valence electrons. The van der Waals surface area contributed by atoms with Crippen LogP contribution in [-0.4, -0.2) is 78.5 Å². The second-order valence-corrected chi connectivity index (χ2v) is 7.17. The Morgan fingerprint density at radius 3 is 2.77 bits per heavy atom. The maximum atomic E-state index is 10.3. The van der Waals surface area contributed by atoms with E-state index in [9.17, 15) is 20.4 Å². The van der Waals surface area contributed by atoms with Crippen LogP contribution >= 0.6 is 0 Å². The third kappa shape index (κ3) is 3.93. The number of methoxy groups -OCH3 is 1. The summed E-state index contributed by atoms with van der Waals surface area (Å²) in [6, 6.07) is 5.09. The largest absolute Gasteiger partial charge is 0.504 e. The van der Waals surface area contributed by atoms with Gasteiger partial charge in [-0.15, -0.1) is 0 Å². The van der Waals surface area contributed by atoms with Crippen molar-refractivity contribution in [2.45, 2.75) is 31.0 Å². The predicted octanol–water partition coefficient (Wildman–Crippen LogP) is -0.611. The SMILES string of the molecule is COc1cc(CCNc2nc(N)c3ncn(C4O[C@H](CO)[C@@H](O)[C@H]4O)c3n2)ccc1O. The van der Waals surface area contributed by atoms with E-state index in [2.05, 4.69) is 20.3 Å². The molecule has 0 saturated carbocycles. The smallest absolute Gasteiger partial charge is 0.226 e. The van der Waals surface area contributed by atoms with Crippen molar-refractivity contribution in [2.24, 2.45) is 0 Å². The quantitative estimate of drug-likeness (QED) is 0.280. The van der Waals surface area contributed by atoms with E-state index in [0.717, 1.165) is 5.56 Å². The Labute approximate surface area is 176 Å². The van der Waals surface area contributed by atoms with Crippen molar-refractivity contribution in [2.75, 3.05) is 31.3 Å². The van der Waals surface area contributed by atoms with Crippen LogP contribution in [0, 0.1) is 0 Å². The van der Waals surface area contributed by atoms with Gasteiger partial charge in [0.1, 0.15) is 23.8 Å². The number of benzene rings is 1. The van der Waals surface area contributed by atoms with Crippen molar-refractivity contribution in [3.63, 3.8) is 0 Å². The number of aromatic hydroxyl groups is 1. The predicted molar refractivity (Wildman–Crippen MR) is 110 cm³/mol. The fourth-order valence-electron chi connectivity index (χ4n) is 3.51. The van der Waals surface area contributed by atoms with Crippen LogP contribution < -0.4 is 15.8 Å². The molecule has 1 aliphatic rings. The first-order chi connectivity index (χ1) is 14.9. The highest BCUT2D eigenvalue weighted by molar-refractivity contribution is 5.83. The van der Waals surface area contributed by atoms with Crippen molar-refractivity contribution in [1.82, 2.24) is 19.5 Å². The topological polar surface area (TPSA) is 181 Å². The van der Waals surface area contributed by atoms with E-state index in [1.54, 1.807) is 18.2 Å². The van der Waals surface area contributed by atoms with Gasteiger partial charge in [-0.1, -0.05) is 6.07 Å². The molecule has 4 rings (SSSR count). The molecule has 7 N–H and O–H groups in total. The molecule has 0 spiro atoms. The van der Waals surface area contributed by atoms with E-state index in [1.807, 2.05) is 0 Å². The molecule has 0 bridgehead atoms. The Kier molecular flexibility index (Phi) is 5.78. The minimum Gasteiger partial charge on any atom is -0.504 e. The van der Waals surface area contributed by atoms with Gasteiger partial charge in [-0.05, 0) is 24.1 Å². The molecule has 12 heteroatoms. The first-order valence-corrected chi connectivity index (χ1v) is 9.65. The van der Waals surface area contributed by atoms with E-state index < -0.39 is 31.1 Å². The highest BCUT2D eigenvalue weighted by atomic mass is 16.6. The van der Waals surface area contributed by atoms with Gasteiger partial charge in [-0.2, -0.15) is 9.97 Å². The average Bonchev–Trinajstić information content (AvgIpc) is 3.30. The lowest BCUT2D eigenvalue weighted by atomic mass is 10.1. The molecule has 1 aromatic carbocycles. The standard InChI is InChI=1S/C19H24N6O6/c1-30-11-6-9(2-3-10(11)27)4-5-21-19-23-16(20)13-17(24-19)25(8-22-13)18-15(29)14(28)12(7-26)31-18/h2-3,6,8,12,14-15,18,26-29H,4-5,7H2,1H3,(H3,20,21,23,24)/t12-,14-,15-,18?/m1/s1. The van der Waals surface area contributed by atoms with Crippen LogP contribution in [-0.2, 0) is 11.2 Å². The number of phenols is 1. The molecule has 4 atom stereocenters. The molecular weight excluding hydrogens is 408 g/mol. The third-order valence-electron chi connectivity index (χ3n) is 5.18. The number of hydrogen-bond donors (Lipinski definition) is 6. The number of nitrogen functional groups attached to an aromatic ring is 1. The van der Waals surface area contributed by atoms with Crippen molar-refractivity contribution in [3.8, 4) is 11.5 Å². The number of aliphatic hydroxyl groups excluding tert-OH is 3. The number of anilines is 2. The van der Waals surface area contributed by atoms with Crippen LogP contribution in [0.1, 0.15) is 11.8 Å². The molecule has 1 saturated heterocycles. The summed E-state index contributed by atoms with van der Waals surface area (Å²) in [5.41, 5.74) is 7.60. The second kappa shape index (κ2) is 8.51. The number of ether oxygens (including phenoxy) is 2. The van der Waals surface area contributed by atoms with E-state index in [0.29, 0.717) is 29.9 Å². The zero-order valence-corrected chi connectivity index (χ0v) is 16.7. The summed E-state index contributed by atoms with van der Waals surface area (Å²) in [5, 5.41) is 42.4. The van der Waals surface area contributed by atoms with Crippen LogP contribution in [0.15, 0.2) is 24.5 Å². The first-order valence-electron chi connectivity index (χ1n) is 9.65. The minimum atomic E-state index is -1.27. The van der Waals surface area contributed by atoms with Gasteiger partial charge in [0.05, 0.1) is 20.0 Å². The number of aliphatic hydroxyl groups is 3. The van der Waals surface area contributed by atoms with Gasteiger partial charge < -0.3 is 41.0 Å². The molecular formula is C19H24N6O6. The van der Waals surface area contributed by atoms with E-state index >= 15 is 0 Å². The number of phenolic OH excluding ortho intramolecular Hbond substituents is 1. The van der Waals surface area contributed by atoms with Gasteiger partial charge in [-0.3, -0.25) is 4.57 Å². The summed E-state index contributed by atoms with van der Waals surface area (Å²) in [4.78, 5) is 12.8. The van der Waals surface area contributed by atoms with E-state index in [-0.39, 0.29) is 17.5 Å². The average molecular weight is 432 g/mol. The second-order valence-electron chi connectivity index (χ2n) is 7.17. The number of nitrogens with two attached hydrogens (primary N) is 1. The summed E-state index contributed by atoms with van der Waals surface area (Å²) in [7, 11) is 1.48. The van der Waals surface area contributed by atoms with Crippen molar-refractivity contribution in [3.05, 3.63) is 30.1 Å².